The monoisotopic (exact) mass is 311 g/mol. The predicted molar refractivity (Wildman–Crippen MR) is 78.7 cm³/mol. The number of hydrogen-bond acceptors (Lipinski definition) is 2. The first-order chi connectivity index (χ1) is 8.84. The van der Waals surface area contributed by atoms with Crippen molar-refractivity contribution in [3.05, 3.63) is 34.3 Å². The van der Waals surface area contributed by atoms with Crippen molar-refractivity contribution in [1.29, 1.82) is 0 Å². The Balaban J connectivity index is 1.49. The molecule has 1 N–H and O–H groups in total. The Hall–Kier alpha value is -0.380. The Bertz CT molecular complexity index is 333. The first-order valence-corrected chi connectivity index (χ1v) is 7.69. The molecule has 1 fully saturated rings. The third kappa shape index (κ3) is 5.09. The van der Waals surface area contributed by atoms with Crippen LogP contribution in [0.2, 0.25) is 0 Å². The molecule has 0 unspecified atom stereocenters. The summed E-state index contributed by atoms with van der Waals surface area (Å²) in [6, 6.07) is 9.08. The second-order valence-electron chi connectivity index (χ2n) is 4.97. The lowest BCUT2D eigenvalue weighted by molar-refractivity contribution is 0.118. The molecule has 0 amide bonds. The minimum Gasteiger partial charge on any atom is -0.377 e. The fraction of sp³-hybridized carbons (Fsp3) is 0.600. The van der Waals surface area contributed by atoms with Gasteiger partial charge in [0.1, 0.15) is 0 Å². The number of ether oxygens (including phenoxy) is 1. The van der Waals surface area contributed by atoms with E-state index in [9.17, 15) is 0 Å². The molecule has 1 aromatic rings. The number of hydrogen-bond donors (Lipinski definition) is 1. The highest BCUT2D eigenvalue weighted by Gasteiger charge is 2.12. The van der Waals surface area contributed by atoms with Gasteiger partial charge in [0, 0.05) is 17.1 Å². The molecule has 0 aliphatic heterocycles. The number of nitrogens with one attached hydrogen (secondary N) is 1. The third-order valence-electron chi connectivity index (χ3n) is 3.44. The van der Waals surface area contributed by atoms with Gasteiger partial charge in [-0.2, -0.15) is 0 Å². The molecule has 3 heteroatoms. The van der Waals surface area contributed by atoms with Crippen molar-refractivity contribution in [2.24, 2.45) is 0 Å². The first-order valence-electron chi connectivity index (χ1n) is 6.90. The molecule has 1 saturated carbocycles. The van der Waals surface area contributed by atoms with Gasteiger partial charge in [0.05, 0.1) is 6.61 Å². The van der Waals surface area contributed by atoms with Crippen molar-refractivity contribution in [1.82, 2.24) is 5.32 Å². The zero-order valence-electron chi connectivity index (χ0n) is 10.8. The zero-order chi connectivity index (χ0) is 12.6. The van der Waals surface area contributed by atoms with Gasteiger partial charge in [-0.1, -0.05) is 40.9 Å². The van der Waals surface area contributed by atoms with Crippen molar-refractivity contribution in [3.8, 4) is 0 Å². The lowest BCUT2D eigenvalue weighted by Crippen LogP contribution is -2.27. The molecule has 1 aromatic carbocycles. The zero-order valence-corrected chi connectivity index (χ0v) is 12.4. The summed E-state index contributed by atoms with van der Waals surface area (Å²) in [4.78, 5) is 0. The van der Waals surface area contributed by atoms with Crippen LogP contribution < -0.4 is 5.32 Å². The van der Waals surface area contributed by atoms with Crippen LogP contribution >= 0.6 is 15.9 Å². The fourth-order valence-electron chi connectivity index (χ4n) is 2.38. The van der Waals surface area contributed by atoms with Crippen molar-refractivity contribution in [3.63, 3.8) is 0 Å². The summed E-state index contributed by atoms with van der Waals surface area (Å²) in [6.45, 7) is 2.65. The van der Waals surface area contributed by atoms with Crippen molar-refractivity contribution in [2.75, 3.05) is 13.2 Å². The van der Waals surface area contributed by atoms with E-state index >= 15 is 0 Å². The smallest absolute Gasteiger partial charge is 0.0716 e. The standard InChI is InChI=1S/C15H22BrNO/c16-14-8-6-13(7-9-14)12-18-11-3-10-17-15-4-1-2-5-15/h6-9,15,17H,1-5,10-12H2. The molecule has 0 aromatic heterocycles. The van der Waals surface area contributed by atoms with E-state index in [0.29, 0.717) is 0 Å². The normalized spacial score (nSPS) is 16.3. The Morgan fingerprint density at radius 3 is 2.61 bits per heavy atom. The highest BCUT2D eigenvalue weighted by Crippen LogP contribution is 2.17. The number of benzene rings is 1. The van der Waals surface area contributed by atoms with Crippen molar-refractivity contribution >= 4 is 15.9 Å². The van der Waals surface area contributed by atoms with Crippen molar-refractivity contribution in [2.45, 2.75) is 44.8 Å². The minimum atomic E-state index is 0.719. The first kappa shape index (κ1) is 14.0. The average Bonchev–Trinajstić information content (AvgIpc) is 2.89. The Labute approximate surface area is 118 Å². The van der Waals surface area contributed by atoms with Gasteiger partial charge in [0.25, 0.3) is 0 Å². The highest BCUT2D eigenvalue weighted by molar-refractivity contribution is 9.10. The second-order valence-corrected chi connectivity index (χ2v) is 5.88. The fourth-order valence-corrected chi connectivity index (χ4v) is 2.65. The van der Waals surface area contributed by atoms with Gasteiger partial charge in [-0.15, -0.1) is 0 Å². The van der Waals surface area contributed by atoms with Gasteiger partial charge >= 0.3 is 0 Å². The van der Waals surface area contributed by atoms with E-state index in [4.69, 9.17) is 4.74 Å². The quantitative estimate of drug-likeness (QED) is 0.771. The molecule has 2 nitrogen and oxygen atoms in total. The van der Waals surface area contributed by atoms with Gasteiger partial charge in [0.2, 0.25) is 0 Å². The molecule has 1 aliphatic carbocycles. The molecule has 0 atom stereocenters. The molecule has 0 saturated heterocycles. The van der Waals surface area contributed by atoms with E-state index in [1.54, 1.807) is 0 Å². The Morgan fingerprint density at radius 1 is 1.17 bits per heavy atom. The molecule has 0 heterocycles. The van der Waals surface area contributed by atoms with E-state index in [2.05, 4.69) is 45.5 Å². The van der Waals surface area contributed by atoms with Crippen LogP contribution in [0.15, 0.2) is 28.7 Å². The van der Waals surface area contributed by atoms with Crippen LogP contribution in [0.4, 0.5) is 0 Å². The van der Waals surface area contributed by atoms with Gasteiger partial charge in [0.15, 0.2) is 0 Å². The largest absolute Gasteiger partial charge is 0.377 e. The summed E-state index contributed by atoms with van der Waals surface area (Å²) in [7, 11) is 0. The van der Waals surface area contributed by atoms with Crippen LogP contribution in [-0.2, 0) is 11.3 Å². The summed E-state index contributed by atoms with van der Waals surface area (Å²) in [5, 5.41) is 3.60. The molecular formula is C15H22BrNO. The molecule has 100 valence electrons. The maximum absolute atomic E-state index is 5.67. The third-order valence-corrected chi connectivity index (χ3v) is 3.96. The summed E-state index contributed by atoms with van der Waals surface area (Å²) in [5.41, 5.74) is 1.24. The van der Waals surface area contributed by atoms with Crippen molar-refractivity contribution < 1.29 is 4.74 Å². The van der Waals surface area contributed by atoms with E-state index < -0.39 is 0 Å². The van der Waals surface area contributed by atoms with Crippen LogP contribution in [0.3, 0.4) is 0 Å². The van der Waals surface area contributed by atoms with E-state index in [1.807, 2.05) is 0 Å². The number of halogens is 1. The maximum atomic E-state index is 5.67. The van der Waals surface area contributed by atoms with Gasteiger partial charge in [-0.3, -0.25) is 0 Å². The lowest BCUT2D eigenvalue weighted by atomic mass is 10.2. The SMILES string of the molecule is Brc1ccc(COCCCNC2CCCC2)cc1. The summed E-state index contributed by atoms with van der Waals surface area (Å²) < 4.78 is 6.79. The maximum Gasteiger partial charge on any atom is 0.0716 e. The Morgan fingerprint density at radius 2 is 1.89 bits per heavy atom. The molecule has 18 heavy (non-hydrogen) atoms. The summed E-state index contributed by atoms with van der Waals surface area (Å²) in [5.74, 6) is 0. The molecule has 0 spiro atoms. The van der Waals surface area contributed by atoms with E-state index in [0.717, 1.165) is 36.7 Å². The predicted octanol–water partition coefficient (Wildman–Crippen LogP) is 3.89. The second kappa shape index (κ2) is 7.93. The average molecular weight is 312 g/mol. The van der Waals surface area contributed by atoms with Gasteiger partial charge < -0.3 is 10.1 Å². The molecule has 0 radical (unpaired) electrons. The minimum absolute atomic E-state index is 0.719. The lowest BCUT2D eigenvalue weighted by Gasteiger charge is -2.11. The van der Waals surface area contributed by atoms with Gasteiger partial charge in [-0.25, -0.2) is 0 Å². The molecule has 2 rings (SSSR count). The van der Waals surface area contributed by atoms with E-state index in [-0.39, 0.29) is 0 Å². The van der Waals surface area contributed by atoms with E-state index in [1.165, 1.54) is 31.2 Å². The molecular weight excluding hydrogens is 290 g/mol. The Kier molecular flexibility index (Phi) is 6.18. The van der Waals surface area contributed by atoms with Gasteiger partial charge in [-0.05, 0) is 43.5 Å². The van der Waals surface area contributed by atoms with Crippen LogP contribution in [0.1, 0.15) is 37.7 Å². The summed E-state index contributed by atoms with van der Waals surface area (Å²) >= 11 is 3.43. The number of rotatable bonds is 7. The molecule has 1 aliphatic rings. The topological polar surface area (TPSA) is 21.3 Å². The van der Waals surface area contributed by atoms with Crippen LogP contribution in [0.5, 0.6) is 0 Å². The van der Waals surface area contributed by atoms with Crippen LogP contribution in [0, 0.1) is 0 Å². The highest BCUT2D eigenvalue weighted by atomic mass is 79.9. The molecule has 0 bridgehead atoms. The summed E-state index contributed by atoms with van der Waals surface area (Å²) in [6.07, 6.45) is 6.63. The van der Waals surface area contributed by atoms with Crippen LogP contribution in [0.25, 0.3) is 0 Å². The van der Waals surface area contributed by atoms with Crippen LogP contribution in [-0.4, -0.2) is 19.2 Å².